The maximum atomic E-state index is 14.1. The first-order valence-electron chi connectivity index (χ1n) is 16.5. The molecule has 0 N–H and O–H groups in total. The second-order valence-corrected chi connectivity index (χ2v) is 13.9. The second kappa shape index (κ2) is 11.6. The van der Waals surface area contributed by atoms with Gasteiger partial charge in [0, 0.05) is 82.1 Å². The molecule has 1 aromatic heterocycles. The van der Waals surface area contributed by atoms with Gasteiger partial charge < -0.3 is 14.5 Å². The Hall–Kier alpha value is -2.80. The molecule has 43 heavy (non-hydrogen) atoms. The summed E-state index contributed by atoms with van der Waals surface area (Å²) in [5, 5.41) is 4.84. The summed E-state index contributed by atoms with van der Waals surface area (Å²) in [6, 6.07) is 11.3. The number of aryl methyl sites for hydroxylation is 2. The highest BCUT2D eigenvalue weighted by atomic mass is 35.5. The van der Waals surface area contributed by atoms with Crippen LogP contribution in [-0.4, -0.2) is 42.3 Å². The van der Waals surface area contributed by atoms with Crippen molar-refractivity contribution in [2.45, 2.75) is 71.2 Å². The van der Waals surface area contributed by atoms with Crippen LogP contribution < -0.4 is 14.5 Å². The molecule has 2 amide bonds. The van der Waals surface area contributed by atoms with Gasteiger partial charge in [-0.1, -0.05) is 24.3 Å². The van der Waals surface area contributed by atoms with E-state index in [0.717, 1.165) is 43.1 Å². The number of amides is 2. The van der Waals surface area contributed by atoms with Crippen molar-refractivity contribution in [2.24, 2.45) is 0 Å². The van der Waals surface area contributed by atoms with Crippen LogP contribution in [0.4, 0.5) is 11.4 Å². The summed E-state index contributed by atoms with van der Waals surface area (Å²) in [6.45, 7) is 10.1. The van der Waals surface area contributed by atoms with E-state index in [1.165, 1.54) is 9.80 Å². The fraction of sp³-hybridized carbons (Fsp3) is 0.429. The van der Waals surface area contributed by atoms with Gasteiger partial charge in [-0.3, -0.25) is 9.59 Å². The van der Waals surface area contributed by atoms with Crippen molar-refractivity contribution >= 4 is 78.6 Å². The minimum absolute atomic E-state index is 0.128. The fourth-order valence-corrected chi connectivity index (χ4v) is 7.99. The number of ether oxygens (including phenoxy) is 1. The van der Waals surface area contributed by atoms with E-state index in [2.05, 4.69) is 5.38 Å². The van der Waals surface area contributed by atoms with Crippen LogP contribution in [0.1, 0.15) is 79.5 Å². The highest BCUT2D eigenvalue weighted by molar-refractivity contribution is 7.17. The van der Waals surface area contributed by atoms with Gasteiger partial charge in [-0.05, 0) is 80.1 Å². The number of alkyl halides is 2. The van der Waals surface area contributed by atoms with Gasteiger partial charge in [0.2, 0.25) is 11.8 Å². The van der Waals surface area contributed by atoms with Gasteiger partial charge in [0.05, 0.1) is 5.69 Å². The largest absolute Gasteiger partial charge is 0.487 e. The molecule has 0 unspecified atom stereocenters. The molecule has 0 fully saturated rings. The molecule has 0 saturated heterocycles. The van der Waals surface area contributed by atoms with Crippen LogP contribution in [-0.2, 0) is 9.59 Å². The average Bonchev–Trinajstić information content (AvgIpc) is 3.68. The Morgan fingerprint density at radius 1 is 0.930 bits per heavy atom. The molecule has 0 aliphatic carbocycles. The maximum absolute atomic E-state index is 14.1. The molecule has 226 valence electrons. The van der Waals surface area contributed by atoms with Crippen molar-refractivity contribution in [3.05, 3.63) is 64.0 Å². The van der Waals surface area contributed by atoms with Gasteiger partial charge in [0.1, 0.15) is 11.4 Å². The smallest absolute Gasteiger partial charge is 0.227 e. The predicted molar refractivity (Wildman–Crippen MR) is 181 cm³/mol. The van der Waals surface area contributed by atoms with Crippen molar-refractivity contribution in [3.63, 3.8) is 0 Å². The van der Waals surface area contributed by atoms with E-state index >= 15 is 0 Å². The standard InChI is InChI=1S/C35H38Cl2N2O3S/c1-20-13-26-33(31-21(2)19-43-34(20)31)23(16-37)18-38(26)29(40)11-8-12-30(41)39-17-22(15-36)32-25-10-7-6-9-24(25)28(14-27(32)39)42-35(3,4)5/h6-7,9-10,13-14,19,22-23H,8,11-12,15-18H2,1-5H3/t22-,23-/m1/s1/i11D2,12D2. The van der Waals surface area contributed by atoms with Gasteiger partial charge in [-0.25, -0.2) is 0 Å². The normalized spacial score (nSPS) is 20.1. The summed E-state index contributed by atoms with van der Waals surface area (Å²) in [4.78, 5) is 30.8. The summed E-state index contributed by atoms with van der Waals surface area (Å²) < 4.78 is 42.9. The van der Waals surface area contributed by atoms with E-state index in [-0.39, 0.29) is 36.7 Å². The Bertz CT molecular complexity index is 1920. The topological polar surface area (TPSA) is 49.9 Å². The molecule has 0 radical (unpaired) electrons. The van der Waals surface area contributed by atoms with E-state index in [9.17, 15) is 9.59 Å². The minimum atomic E-state index is -2.72. The van der Waals surface area contributed by atoms with Crippen LogP contribution in [0.3, 0.4) is 0 Å². The van der Waals surface area contributed by atoms with Crippen LogP contribution in [0.15, 0.2) is 41.8 Å². The second-order valence-electron chi connectivity index (χ2n) is 12.4. The van der Waals surface area contributed by atoms with Crippen molar-refractivity contribution in [3.8, 4) is 5.75 Å². The molecule has 0 saturated carbocycles. The molecule has 8 heteroatoms. The number of carbonyl (C=O) groups is 2. The maximum Gasteiger partial charge on any atom is 0.227 e. The first-order chi connectivity index (χ1) is 22.0. The van der Waals surface area contributed by atoms with E-state index in [1.54, 1.807) is 17.4 Å². The summed E-state index contributed by atoms with van der Waals surface area (Å²) in [5.74, 6) is -1.28. The Labute approximate surface area is 273 Å². The van der Waals surface area contributed by atoms with Crippen LogP contribution in [0.2, 0.25) is 0 Å². The molecule has 2 atom stereocenters. The number of rotatable bonds is 7. The third-order valence-electron chi connectivity index (χ3n) is 8.22. The highest BCUT2D eigenvalue weighted by Gasteiger charge is 2.37. The van der Waals surface area contributed by atoms with Crippen molar-refractivity contribution in [1.82, 2.24) is 0 Å². The third-order valence-corrected chi connectivity index (χ3v) is 10.2. The lowest BCUT2D eigenvalue weighted by molar-refractivity contribution is -0.119. The number of halogens is 2. The minimum Gasteiger partial charge on any atom is -0.487 e. The van der Waals surface area contributed by atoms with Crippen LogP contribution in [0.25, 0.3) is 20.9 Å². The third kappa shape index (κ3) is 5.40. The molecular formula is C35H38Cl2N2O3S. The van der Waals surface area contributed by atoms with Crippen LogP contribution in [0.5, 0.6) is 5.75 Å². The predicted octanol–water partition coefficient (Wildman–Crippen LogP) is 9.06. The van der Waals surface area contributed by atoms with Gasteiger partial charge in [-0.15, -0.1) is 34.5 Å². The number of hydrogen-bond acceptors (Lipinski definition) is 4. The van der Waals surface area contributed by atoms with Gasteiger partial charge in [0.15, 0.2) is 0 Å². The van der Waals surface area contributed by atoms with Crippen LogP contribution >= 0.6 is 34.5 Å². The van der Waals surface area contributed by atoms with E-state index in [0.29, 0.717) is 17.1 Å². The summed E-state index contributed by atoms with van der Waals surface area (Å²) >= 11 is 14.4. The monoisotopic (exact) mass is 640 g/mol. The Kier molecular flexibility index (Phi) is 6.89. The first kappa shape index (κ1) is 25.5. The molecule has 4 aromatic rings. The Morgan fingerprint density at radius 2 is 1.51 bits per heavy atom. The lowest BCUT2D eigenvalue weighted by Gasteiger charge is -2.25. The van der Waals surface area contributed by atoms with Gasteiger partial charge in [0.25, 0.3) is 0 Å². The summed E-state index contributed by atoms with van der Waals surface area (Å²) in [6.07, 6.45) is -6.36. The lowest BCUT2D eigenvalue weighted by atomic mass is 9.95. The zero-order chi connectivity index (χ0) is 34.2. The number of benzene rings is 3. The molecule has 2 aliphatic heterocycles. The van der Waals surface area contributed by atoms with Crippen molar-refractivity contribution in [2.75, 3.05) is 34.6 Å². The SMILES string of the molecule is [2H]C([2H])(CC([2H])([2H])C(=O)N1C[C@@H](CCl)c2c1cc(C)c1scc(C)c21)C(=O)N1C[C@@H](CCl)c2c1cc(OC(C)(C)C)c1ccccc21. The molecule has 0 bridgehead atoms. The quantitative estimate of drug-likeness (QED) is 0.189. The van der Waals surface area contributed by atoms with Crippen molar-refractivity contribution < 1.29 is 19.8 Å². The number of hydrogen-bond donors (Lipinski definition) is 0. The molecule has 3 aromatic carbocycles. The van der Waals surface area contributed by atoms with E-state index in [1.807, 2.05) is 65.0 Å². The number of anilines is 2. The molecular weight excluding hydrogens is 599 g/mol. The molecule has 2 aliphatic rings. The zero-order valence-corrected chi connectivity index (χ0v) is 27.3. The molecule has 3 heterocycles. The number of carbonyl (C=O) groups excluding carboxylic acids is 2. The van der Waals surface area contributed by atoms with Gasteiger partial charge >= 0.3 is 0 Å². The van der Waals surface area contributed by atoms with E-state index < -0.39 is 36.6 Å². The lowest BCUT2D eigenvalue weighted by Crippen LogP contribution is -2.32. The van der Waals surface area contributed by atoms with Crippen molar-refractivity contribution in [1.29, 1.82) is 0 Å². The number of nitrogens with zero attached hydrogens (tertiary/aromatic N) is 2. The zero-order valence-electron chi connectivity index (χ0n) is 29.0. The van der Waals surface area contributed by atoms with Crippen LogP contribution in [0, 0.1) is 13.8 Å². The Balaban J connectivity index is 1.33. The molecule has 5 nitrogen and oxygen atoms in total. The summed E-state index contributed by atoms with van der Waals surface area (Å²) in [5.41, 5.74) is 4.34. The van der Waals surface area contributed by atoms with E-state index in [4.69, 9.17) is 33.4 Å². The Morgan fingerprint density at radius 3 is 2.12 bits per heavy atom. The number of thiophene rings is 1. The number of fused-ring (bicyclic) bond motifs is 6. The summed E-state index contributed by atoms with van der Waals surface area (Å²) in [7, 11) is 0. The average molecular weight is 642 g/mol. The first-order valence-corrected chi connectivity index (χ1v) is 16.5. The highest BCUT2D eigenvalue weighted by Crippen LogP contribution is 2.48. The fourth-order valence-electron chi connectivity index (χ4n) is 6.44. The van der Waals surface area contributed by atoms with Gasteiger partial charge in [-0.2, -0.15) is 0 Å². The molecule has 0 spiro atoms. The molecule has 6 rings (SSSR count).